The lowest BCUT2D eigenvalue weighted by atomic mass is 10.2. The standard InChI is InChI=1S/C14H17N3O2S/c1-16-20(18,19)14-8-3-2-7-13(14)17-12-6-4-5-11(9-12)10-15/h2-9,16-17H,10,15H2,1H3. The van der Waals surface area contributed by atoms with Gasteiger partial charge in [0.15, 0.2) is 0 Å². The van der Waals surface area contributed by atoms with E-state index >= 15 is 0 Å². The molecule has 0 spiro atoms. The van der Waals surface area contributed by atoms with Crippen molar-refractivity contribution in [3.8, 4) is 0 Å². The van der Waals surface area contributed by atoms with Gasteiger partial charge in [-0.3, -0.25) is 0 Å². The van der Waals surface area contributed by atoms with Crippen molar-refractivity contribution in [2.24, 2.45) is 5.73 Å². The van der Waals surface area contributed by atoms with Gasteiger partial charge in [0.1, 0.15) is 4.90 Å². The molecule has 0 aliphatic rings. The summed E-state index contributed by atoms with van der Waals surface area (Å²) in [7, 11) is -2.11. The maximum atomic E-state index is 12.0. The summed E-state index contributed by atoms with van der Waals surface area (Å²) in [5.41, 5.74) is 7.90. The van der Waals surface area contributed by atoms with Crippen LogP contribution in [0.25, 0.3) is 0 Å². The van der Waals surface area contributed by atoms with E-state index in [1.807, 2.05) is 24.3 Å². The van der Waals surface area contributed by atoms with Gasteiger partial charge >= 0.3 is 0 Å². The quantitative estimate of drug-likeness (QED) is 0.784. The number of para-hydroxylation sites is 1. The molecule has 20 heavy (non-hydrogen) atoms. The highest BCUT2D eigenvalue weighted by molar-refractivity contribution is 7.89. The first-order valence-electron chi connectivity index (χ1n) is 6.15. The number of rotatable bonds is 5. The molecule has 2 aromatic carbocycles. The van der Waals surface area contributed by atoms with Crippen molar-refractivity contribution in [1.82, 2.24) is 4.72 Å². The van der Waals surface area contributed by atoms with Gasteiger partial charge in [-0.05, 0) is 36.9 Å². The molecule has 2 aromatic rings. The second kappa shape index (κ2) is 6.04. The van der Waals surface area contributed by atoms with E-state index < -0.39 is 10.0 Å². The van der Waals surface area contributed by atoms with Gasteiger partial charge in [-0.25, -0.2) is 13.1 Å². The number of benzene rings is 2. The Bertz CT molecular complexity index is 699. The molecule has 4 N–H and O–H groups in total. The normalized spacial score (nSPS) is 11.3. The van der Waals surface area contributed by atoms with Crippen LogP contribution in [0.3, 0.4) is 0 Å². The van der Waals surface area contributed by atoms with Gasteiger partial charge in [0, 0.05) is 12.2 Å². The lowest BCUT2D eigenvalue weighted by Crippen LogP contribution is -2.19. The van der Waals surface area contributed by atoms with Crippen LogP contribution in [0.4, 0.5) is 11.4 Å². The highest BCUT2D eigenvalue weighted by atomic mass is 32.2. The van der Waals surface area contributed by atoms with Crippen LogP contribution in [0.5, 0.6) is 0 Å². The zero-order valence-corrected chi connectivity index (χ0v) is 11.9. The lowest BCUT2D eigenvalue weighted by molar-refractivity contribution is 0.588. The average molecular weight is 291 g/mol. The lowest BCUT2D eigenvalue weighted by Gasteiger charge is -2.12. The fourth-order valence-electron chi connectivity index (χ4n) is 1.85. The minimum absolute atomic E-state index is 0.209. The third kappa shape index (κ3) is 3.16. The van der Waals surface area contributed by atoms with Crippen LogP contribution in [0.15, 0.2) is 53.4 Å². The van der Waals surface area contributed by atoms with Crippen LogP contribution in [0.1, 0.15) is 5.56 Å². The predicted molar refractivity (Wildman–Crippen MR) is 80.3 cm³/mol. The van der Waals surface area contributed by atoms with Crippen LogP contribution in [0.2, 0.25) is 0 Å². The van der Waals surface area contributed by atoms with Gasteiger partial charge in [0.2, 0.25) is 10.0 Å². The molecular formula is C14H17N3O2S. The van der Waals surface area contributed by atoms with Crippen LogP contribution in [-0.4, -0.2) is 15.5 Å². The number of hydrogen-bond acceptors (Lipinski definition) is 4. The molecule has 0 atom stereocenters. The Balaban J connectivity index is 2.39. The molecule has 0 radical (unpaired) electrons. The monoisotopic (exact) mass is 291 g/mol. The smallest absolute Gasteiger partial charge is 0.242 e. The molecule has 106 valence electrons. The number of nitrogens with one attached hydrogen (secondary N) is 2. The molecule has 2 rings (SSSR count). The Hall–Kier alpha value is -1.89. The second-order valence-corrected chi connectivity index (χ2v) is 6.09. The summed E-state index contributed by atoms with van der Waals surface area (Å²) in [6, 6.07) is 14.3. The molecule has 0 saturated carbocycles. The zero-order chi connectivity index (χ0) is 14.6. The fourth-order valence-corrected chi connectivity index (χ4v) is 2.73. The van der Waals surface area contributed by atoms with Gasteiger partial charge in [0.25, 0.3) is 0 Å². The first kappa shape index (κ1) is 14.5. The second-order valence-electron chi connectivity index (χ2n) is 4.23. The van der Waals surface area contributed by atoms with E-state index in [-0.39, 0.29) is 4.90 Å². The van der Waals surface area contributed by atoms with Crippen molar-refractivity contribution < 1.29 is 8.42 Å². The molecule has 5 nitrogen and oxygen atoms in total. The Morgan fingerprint density at radius 3 is 2.55 bits per heavy atom. The minimum atomic E-state index is -3.50. The molecule has 0 aromatic heterocycles. The Morgan fingerprint density at radius 2 is 1.85 bits per heavy atom. The van der Waals surface area contributed by atoms with Crippen molar-refractivity contribution in [1.29, 1.82) is 0 Å². The third-order valence-corrected chi connectivity index (χ3v) is 4.36. The first-order chi connectivity index (χ1) is 9.56. The molecule has 0 fully saturated rings. The SMILES string of the molecule is CNS(=O)(=O)c1ccccc1Nc1cccc(CN)c1. The van der Waals surface area contributed by atoms with E-state index in [0.29, 0.717) is 12.2 Å². The van der Waals surface area contributed by atoms with Crippen LogP contribution in [0, 0.1) is 0 Å². The summed E-state index contributed by atoms with van der Waals surface area (Å²) in [5.74, 6) is 0. The van der Waals surface area contributed by atoms with Gasteiger partial charge in [-0.2, -0.15) is 0 Å². The molecule has 0 amide bonds. The highest BCUT2D eigenvalue weighted by Crippen LogP contribution is 2.24. The molecule has 0 saturated heterocycles. The highest BCUT2D eigenvalue weighted by Gasteiger charge is 2.15. The molecule has 0 bridgehead atoms. The van der Waals surface area contributed by atoms with E-state index in [1.165, 1.54) is 7.05 Å². The van der Waals surface area contributed by atoms with E-state index in [0.717, 1.165) is 11.3 Å². The number of hydrogen-bond donors (Lipinski definition) is 3. The first-order valence-corrected chi connectivity index (χ1v) is 7.64. The number of sulfonamides is 1. The Labute approximate surface area is 118 Å². The van der Waals surface area contributed by atoms with E-state index in [2.05, 4.69) is 10.0 Å². The number of nitrogens with two attached hydrogens (primary N) is 1. The van der Waals surface area contributed by atoms with E-state index in [9.17, 15) is 8.42 Å². The molecule has 0 heterocycles. The largest absolute Gasteiger partial charge is 0.354 e. The van der Waals surface area contributed by atoms with Gasteiger partial charge < -0.3 is 11.1 Å². The van der Waals surface area contributed by atoms with Crippen LogP contribution in [-0.2, 0) is 16.6 Å². The van der Waals surface area contributed by atoms with Crippen molar-refractivity contribution in [2.75, 3.05) is 12.4 Å². The molecule has 0 aliphatic carbocycles. The fraction of sp³-hybridized carbons (Fsp3) is 0.143. The van der Waals surface area contributed by atoms with Crippen molar-refractivity contribution >= 4 is 21.4 Å². The molecule has 6 heteroatoms. The summed E-state index contributed by atoms with van der Waals surface area (Å²) < 4.78 is 26.2. The summed E-state index contributed by atoms with van der Waals surface area (Å²) in [6.45, 7) is 0.436. The topological polar surface area (TPSA) is 84.2 Å². The number of anilines is 2. The van der Waals surface area contributed by atoms with Crippen molar-refractivity contribution in [2.45, 2.75) is 11.4 Å². The average Bonchev–Trinajstić information content (AvgIpc) is 2.48. The van der Waals surface area contributed by atoms with Crippen molar-refractivity contribution in [3.63, 3.8) is 0 Å². The molecule has 0 aliphatic heterocycles. The van der Waals surface area contributed by atoms with Gasteiger partial charge in [0.05, 0.1) is 5.69 Å². The summed E-state index contributed by atoms with van der Waals surface area (Å²) in [4.78, 5) is 0.209. The maximum absolute atomic E-state index is 12.0. The third-order valence-electron chi connectivity index (χ3n) is 2.89. The molecule has 0 unspecified atom stereocenters. The minimum Gasteiger partial charge on any atom is -0.354 e. The van der Waals surface area contributed by atoms with Crippen molar-refractivity contribution in [3.05, 3.63) is 54.1 Å². The maximum Gasteiger partial charge on any atom is 0.242 e. The van der Waals surface area contributed by atoms with Gasteiger partial charge in [-0.15, -0.1) is 0 Å². The zero-order valence-electron chi connectivity index (χ0n) is 11.1. The van der Waals surface area contributed by atoms with Gasteiger partial charge in [-0.1, -0.05) is 24.3 Å². The summed E-state index contributed by atoms with van der Waals surface area (Å²) in [5, 5.41) is 3.11. The Morgan fingerprint density at radius 1 is 1.10 bits per heavy atom. The van der Waals surface area contributed by atoms with E-state index in [1.54, 1.807) is 24.3 Å². The molecular weight excluding hydrogens is 274 g/mol. The Kier molecular flexibility index (Phi) is 4.39. The van der Waals surface area contributed by atoms with Crippen LogP contribution < -0.4 is 15.8 Å². The van der Waals surface area contributed by atoms with Crippen LogP contribution >= 0.6 is 0 Å². The summed E-state index contributed by atoms with van der Waals surface area (Å²) >= 11 is 0. The predicted octanol–water partition coefficient (Wildman–Crippen LogP) is 1.80. The summed E-state index contributed by atoms with van der Waals surface area (Å²) in [6.07, 6.45) is 0. The van der Waals surface area contributed by atoms with E-state index in [4.69, 9.17) is 5.73 Å².